The number of halogens is 1. The fraction of sp³-hybridized carbons (Fsp3) is 0.120. The number of aliphatic hydroxyl groups excluding tert-OH is 1. The Morgan fingerprint density at radius 1 is 0.882 bits per heavy atom. The molecule has 3 aromatic carbocycles. The van der Waals surface area contributed by atoms with Crippen LogP contribution in [0.2, 0.25) is 5.02 Å². The van der Waals surface area contributed by atoms with Gasteiger partial charge >= 0.3 is 0 Å². The number of amides is 4. The van der Waals surface area contributed by atoms with Gasteiger partial charge in [-0.3, -0.25) is 24.1 Å². The molecule has 0 spiro atoms. The van der Waals surface area contributed by atoms with E-state index >= 15 is 0 Å². The van der Waals surface area contributed by atoms with Gasteiger partial charge in [0, 0.05) is 17.8 Å². The molecule has 0 saturated heterocycles. The molecule has 0 radical (unpaired) electrons. The van der Waals surface area contributed by atoms with E-state index in [2.05, 4.69) is 10.6 Å². The summed E-state index contributed by atoms with van der Waals surface area (Å²) in [5.41, 5.74) is 2.29. The normalized spacial score (nSPS) is 12.5. The van der Waals surface area contributed by atoms with Crippen LogP contribution in [-0.2, 0) is 6.54 Å². The molecule has 0 atom stereocenters. The fourth-order valence-electron chi connectivity index (χ4n) is 3.62. The fourth-order valence-corrected chi connectivity index (χ4v) is 3.89. The van der Waals surface area contributed by atoms with Crippen LogP contribution in [0.3, 0.4) is 0 Å². The van der Waals surface area contributed by atoms with E-state index in [4.69, 9.17) is 16.7 Å². The van der Waals surface area contributed by atoms with E-state index in [1.165, 1.54) is 12.1 Å². The number of hydrogen-bond donors (Lipinski definition) is 3. The van der Waals surface area contributed by atoms with Gasteiger partial charge in [-0.05, 0) is 48.0 Å². The summed E-state index contributed by atoms with van der Waals surface area (Å²) < 4.78 is 0. The van der Waals surface area contributed by atoms with E-state index in [9.17, 15) is 19.2 Å². The largest absolute Gasteiger partial charge is 0.395 e. The van der Waals surface area contributed by atoms with Crippen molar-refractivity contribution in [1.82, 2.24) is 10.2 Å². The van der Waals surface area contributed by atoms with Crippen LogP contribution in [0, 0.1) is 0 Å². The van der Waals surface area contributed by atoms with Gasteiger partial charge in [-0.15, -0.1) is 0 Å². The van der Waals surface area contributed by atoms with Crippen LogP contribution in [0.4, 0.5) is 5.69 Å². The van der Waals surface area contributed by atoms with Crippen LogP contribution in [0.15, 0.2) is 66.7 Å². The molecule has 3 aromatic rings. The maximum atomic E-state index is 12.8. The number of anilines is 1. The average molecular weight is 478 g/mol. The van der Waals surface area contributed by atoms with Crippen molar-refractivity contribution in [3.05, 3.63) is 99.6 Å². The van der Waals surface area contributed by atoms with Crippen LogP contribution >= 0.6 is 11.6 Å². The first-order chi connectivity index (χ1) is 16.4. The third kappa shape index (κ3) is 4.68. The van der Waals surface area contributed by atoms with Gasteiger partial charge in [-0.1, -0.05) is 35.9 Å². The molecule has 1 aliphatic rings. The summed E-state index contributed by atoms with van der Waals surface area (Å²) in [7, 11) is 0. The van der Waals surface area contributed by atoms with E-state index in [1.807, 2.05) is 0 Å². The summed E-state index contributed by atoms with van der Waals surface area (Å²) in [5.74, 6) is -1.59. The van der Waals surface area contributed by atoms with Crippen LogP contribution in [0.1, 0.15) is 47.0 Å². The quantitative estimate of drug-likeness (QED) is 0.452. The van der Waals surface area contributed by atoms with Crippen molar-refractivity contribution in [3.8, 4) is 0 Å². The molecule has 0 aromatic heterocycles. The summed E-state index contributed by atoms with van der Waals surface area (Å²) in [5, 5.41) is 14.2. The third-order valence-corrected chi connectivity index (χ3v) is 5.59. The summed E-state index contributed by atoms with van der Waals surface area (Å²) in [4.78, 5) is 51.2. The van der Waals surface area contributed by atoms with E-state index < -0.39 is 11.8 Å². The second-order valence-electron chi connectivity index (χ2n) is 7.57. The van der Waals surface area contributed by atoms with E-state index in [0.29, 0.717) is 27.9 Å². The van der Waals surface area contributed by atoms with Crippen molar-refractivity contribution in [2.45, 2.75) is 6.54 Å². The number of carbonyl (C=O) groups is 4. The maximum Gasteiger partial charge on any atom is 0.261 e. The van der Waals surface area contributed by atoms with Crippen molar-refractivity contribution in [1.29, 1.82) is 0 Å². The second kappa shape index (κ2) is 9.86. The number of fused-ring (bicyclic) bond motifs is 1. The highest BCUT2D eigenvalue weighted by Crippen LogP contribution is 2.25. The number of nitrogens with one attached hydrogen (secondary N) is 2. The molecule has 0 bridgehead atoms. The summed E-state index contributed by atoms with van der Waals surface area (Å²) in [6.07, 6.45) is 0. The van der Waals surface area contributed by atoms with Crippen LogP contribution in [0.25, 0.3) is 0 Å². The zero-order valence-electron chi connectivity index (χ0n) is 17.9. The van der Waals surface area contributed by atoms with E-state index in [-0.39, 0.29) is 42.1 Å². The molecule has 0 saturated carbocycles. The van der Waals surface area contributed by atoms with Gasteiger partial charge in [0.2, 0.25) is 0 Å². The van der Waals surface area contributed by atoms with Crippen molar-refractivity contribution >= 4 is 40.9 Å². The predicted octanol–water partition coefficient (Wildman–Crippen LogP) is 3.11. The Kier molecular flexibility index (Phi) is 6.72. The Balaban J connectivity index is 1.46. The lowest BCUT2D eigenvalue weighted by Gasteiger charge is -2.14. The summed E-state index contributed by atoms with van der Waals surface area (Å²) >= 11 is 6.17. The number of rotatable bonds is 7. The average Bonchev–Trinajstić information content (AvgIpc) is 3.08. The molecule has 1 aliphatic heterocycles. The molecule has 3 N–H and O–H groups in total. The molecule has 0 fully saturated rings. The first-order valence-electron chi connectivity index (χ1n) is 10.4. The number of nitrogens with zero attached hydrogens (tertiary/aromatic N) is 1. The Bertz CT molecular complexity index is 1270. The van der Waals surface area contributed by atoms with Crippen LogP contribution < -0.4 is 10.6 Å². The van der Waals surface area contributed by atoms with Crippen LogP contribution in [0.5, 0.6) is 0 Å². The lowest BCUT2D eigenvalue weighted by Crippen LogP contribution is -2.29. The molecular weight excluding hydrogens is 458 g/mol. The first kappa shape index (κ1) is 23.2. The molecule has 0 unspecified atom stereocenters. The SMILES string of the molecule is O=C(Nc1ccc(C(=O)NCCO)c(Cl)c1)c1cccc(CN2C(=O)c3ccccc3C2=O)c1. The molecule has 172 valence electrons. The minimum atomic E-state index is -0.433. The highest BCUT2D eigenvalue weighted by Gasteiger charge is 2.35. The Morgan fingerprint density at radius 3 is 2.24 bits per heavy atom. The van der Waals surface area contributed by atoms with Crippen molar-refractivity contribution in [3.63, 3.8) is 0 Å². The lowest BCUT2D eigenvalue weighted by atomic mass is 10.1. The number of imide groups is 1. The molecule has 8 nitrogen and oxygen atoms in total. The lowest BCUT2D eigenvalue weighted by molar-refractivity contribution is 0.0642. The third-order valence-electron chi connectivity index (χ3n) is 5.28. The van der Waals surface area contributed by atoms with Gasteiger partial charge in [0.25, 0.3) is 23.6 Å². The first-order valence-corrected chi connectivity index (χ1v) is 10.8. The topological polar surface area (TPSA) is 116 Å². The van der Waals surface area contributed by atoms with Gasteiger partial charge in [-0.2, -0.15) is 0 Å². The van der Waals surface area contributed by atoms with Crippen molar-refractivity contribution < 1.29 is 24.3 Å². The van der Waals surface area contributed by atoms with Crippen molar-refractivity contribution in [2.75, 3.05) is 18.5 Å². The van der Waals surface area contributed by atoms with E-state index in [0.717, 1.165) is 4.90 Å². The number of benzene rings is 3. The zero-order chi connectivity index (χ0) is 24.2. The molecule has 0 aliphatic carbocycles. The summed E-state index contributed by atoms with van der Waals surface area (Å²) in [6, 6.07) is 17.7. The molecule has 9 heteroatoms. The van der Waals surface area contributed by atoms with Gasteiger partial charge in [0.05, 0.1) is 34.9 Å². The Labute approximate surface area is 200 Å². The minimum absolute atomic E-state index is 0.0386. The van der Waals surface area contributed by atoms with Gasteiger partial charge in [0.15, 0.2) is 0 Å². The van der Waals surface area contributed by atoms with Gasteiger partial charge in [-0.25, -0.2) is 0 Å². The standard InChI is InChI=1S/C25H20ClN3O5/c26-21-13-17(8-9-20(21)23(32)27-10-11-30)28-22(31)16-5-3-4-15(12-16)14-29-24(33)18-6-1-2-7-19(18)25(29)34/h1-9,12-13,30H,10-11,14H2,(H,27,32)(H,28,31). The number of aliphatic hydroxyl groups is 1. The summed E-state index contributed by atoms with van der Waals surface area (Å²) in [6.45, 7) is -0.0504. The molecule has 1 heterocycles. The Morgan fingerprint density at radius 2 is 1.59 bits per heavy atom. The Hall–Kier alpha value is -4.01. The zero-order valence-corrected chi connectivity index (χ0v) is 18.6. The molecule has 34 heavy (non-hydrogen) atoms. The van der Waals surface area contributed by atoms with Gasteiger partial charge < -0.3 is 15.7 Å². The second-order valence-corrected chi connectivity index (χ2v) is 7.98. The number of carbonyl (C=O) groups excluding carboxylic acids is 4. The molecule has 4 rings (SSSR count). The highest BCUT2D eigenvalue weighted by atomic mass is 35.5. The monoisotopic (exact) mass is 477 g/mol. The highest BCUT2D eigenvalue weighted by molar-refractivity contribution is 6.34. The predicted molar refractivity (Wildman–Crippen MR) is 126 cm³/mol. The maximum absolute atomic E-state index is 12.8. The smallest absolute Gasteiger partial charge is 0.261 e. The molecular formula is C25H20ClN3O5. The molecule has 4 amide bonds. The minimum Gasteiger partial charge on any atom is -0.395 e. The van der Waals surface area contributed by atoms with Crippen LogP contribution in [-0.4, -0.2) is 46.8 Å². The van der Waals surface area contributed by atoms with E-state index in [1.54, 1.807) is 54.6 Å². The van der Waals surface area contributed by atoms with Crippen molar-refractivity contribution in [2.24, 2.45) is 0 Å². The van der Waals surface area contributed by atoms with Gasteiger partial charge in [0.1, 0.15) is 0 Å². The number of hydrogen-bond acceptors (Lipinski definition) is 5.